The summed E-state index contributed by atoms with van der Waals surface area (Å²) in [7, 11) is 0. The Morgan fingerprint density at radius 2 is 2.25 bits per heavy atom. The number of aromatic nitrogens is 1. The number of benzene rings is 1. The van der Waals surface area contributed by atoms with Crippen LogP contribution in [0.1, 0.15) is 5.69 Å². The first-order valence-electron chi connectivity index (χ1n) is 5.41. The molecule has 0 bridgehead atoms. The fourth-order valence-electron chi connectivity index (χ4n) is 1.32. The third-order valence-electron chi connectivity index (χ3n) is 2.21. The molecule has 2 aromatic rings. The topological polar surface area (TPSA) is 62.6 Å². The van der Waals surface area contributed by atoms with Gasteiger partial charge in [-0.25, -0.2) is 10.2 Å². The van der Waals surface area contributed by atoms with Gasteiger partial charge >= 0.3 is 5.84 Å². The van der Waals surface area contributed by atoms with E-state index in [1.165, 1.54) is 11.3 Å². The average Bonchev–Trinajstić information content (AvgIpc) is 2.93. The monoisotopic (exact) mass is 302 g/mol. The van der Waals surface area contributed by atoms with Crippen molar-refractivity contribution >= 4 is 28.8 Å². The van der Waals surface area contributed by atoms with Gasteiger partial charge in [-0.05, 0) is 12.1 Å². The number of halogens is 1. The minimum atomic E-state index is -0.335. The Labute approximate surface area is 124 Å². The Hall–Kier alpha value is -2.41. The summed E-state index contributed by atoms with van der Waals surface area (Å²) in [5, 5.41) is 15.2. The van der Waals surface area contributed by atoms with Crippen LogP contribution in [0, 0.1) is 17.9 Å². The summed E-state index contributed by atoms with van der Waals surface area (Å²) >= 11 is 7.30. The van der Waals surface area contributed by atoms with E-state index < -0.39 is 0 Å². The predicted molar refractivity (Wildman–Crippen MR) is 77.0 cm³/mol. The summed E-state index contributed by atoms with van der Waals surface area (Å²) in [6.07, 6.45) is 0. The first-order chi connectivity index (χ1) is 9.72. The lowest BCUT2D eigenvalue weighted by Gasteiger charge is -1.95. The van der Waals surface area contributed by atoms with Crippen LogP contribution in [0.25, 0.3) is 15.4 Å². The second-order valence-corrected chi connectivity index (χ2v) is 4.86. The molecule has 20 heavy (non-hydrogen) atoms. The van der Waals surface area contributed by atoms with Gasteiger partial charge in [-0.15, -0.1) is 11.3 Å². The summed E-state index contributed by atoms with van der Waals surface area (Å²) in [4.78, 5) is 12.2. The van der Waals surface area contributed by atoms with Crippen LogP contribution in [0.4, 0.5) is 0 Å². The molecule has 2 rings (SSSR count). The van der Waals surface area contributed by atoms with E-state index in [0.29, 0.717) is 10.7 Å². The maximum Gasteiger partial charge on any atom is 0.392 e. The molecule has 0 saturated carbocycles. The van der Waals surface area contributed by atoms with Gasteiger partial charge in [0.25, 0.3) is 0 Å². The van der Waals surface area contributed by atoms with E-state index in [1.54, 1.807) is 18.2 Å². The largest absolute Gasteiger partial charge is 0.392 e. The van der Waals surface area contributed by atoms with Crippen molar-refractivity contribution in [1.82, 2.24) is 4.98 Å². The minimum Gasteiger partial charge on any atom is -0.348 e. The van der Waals surface area contributed by atoms with Crippen LogP contribution in [0.15, 0.2) is 34.8 Å². The Balaban J connectivity index is 2.03. The Bertz CT molecular complexity index is 693. The maximum atomic E-state index is 8.50. The maximum absolute atomic E-state index is 8.50. The van der Waals surface area contributed by atoms with Gasteiger partial charge in [-0.3, -0.25) is 0 Å². The van der Waals surface area contributed by atoms with E-state index >= 15 is 0 Å². The van der Waals surface area contributed by atoms with Crippen LogP contribution in [-0.2, 0) is 11.4 Å². The van der Waals surface area contributed by atoms with Crippen LogP contribution < -0.4 is 0 Å². The molecule has 98 valence electrons. The van der Waals surface area contributed by atoms with E-state index in [0.717, 1.165) is 10.6 Å². The number of oxime groups is 1. The molecule has 5 nitrogen and oxygen atoms in total. The highest BCUT2D eigenvalue weighted by molar-refractivity contribution is 7.13. The van der Waals surface area contributed by atoms with E-state index in [1.807, 2.05) is 17.5 Å². The van der Waals surface area contributed by atoms with Gasteiger partial charge in [-0.1, -0.05) is 30.3 Å². The molecule has 0 aliphatic carbocycles. The van der Waals surface area contributed by atoms with Gasteiger partial charge in [0.1, 0.15) is 11.1 Å². The number of hydrogen-bond donors (Lipinski definition) is 0. The summed E-state index contributed by atoms with van der Waals surface area (Å²) in [5.41, 5.74) is 1.65. The molecular weight excluding hydrogens is 296 g/mol. The zero-order valence-electron chi connectivity index (χ0n) is 10.1. The highest BCUT2D eigenvalue weighted by Crippen LogP contribution is 2.25. The number of nitriles is 1. The molecule has 0 N–H and O–H groups in total. The summed E-state index contributed by atoms with van der Waals surface area (Å²) in [6.45, 7) is 6.76. The van der Waals surface area contributed by atoms with Crippen molar-refractivity contribution in [2.45, 2.75) is 6.61 Å². The van der Waals surface area contributed by atoms with Crippen molar-refractivity contribution in [1.29, 1.82) is 5.26 Å². The Morgan fingerprint density at radius 3 is 2.90 bits per heavy atom. The van der Waals surface area contributed by atoms with Crippen molar-refractivity contribution in [3.05, 3.63) is 51.8 Å². The van der Waals surface area contributed by atoms with Crippen molar-refractivity contribution < 1.29 is 4.84 Å². The standard InChI is InChI=1S/C13H7ClN4OS/c1-16-12(6-15)18-19-7-11-8-20-13(17-11)9-2-4-10(14)5-3-9/h2-5,8H,7H2/b18-12-. The molecule has 0 saturated heterocycles. The van der Waals surface area contributed by atoms with Gasteiger partial charge in [0, 0.05) is 16.0 Å². The van der Waals surface area contributed by atoms with Crippen LogP contribution in [0.2, 0.25) is 5.02 Å². The lowest BCUT2D eigenvalue weighted by molar-refractivity contribution is 0.129. The minimum absolute atomic E-state index is 0.116. The van der Waals surface area contributed by atoms with Crippen LogP contribution >= 0.6 is 22.9 Å². The van der Waals surface area contributed by atoms with E-state index in [2.05, 4.69) is 15.0 Å². The number of rotatable bonds is 4. The lowest BCUT2D eigenvalue weighted by Crippen LogP contribution is -1.91. The molecule has 0 radical (unpaired) electrons. The van der Waals surface area contributed by atoms with Crippen molar-refractivity contribution in [3.63, 3.8) is 0 Å². The zero-order chi connectivity index (χ0) is 14.4. The van der Waals surface area contributed by atoms with Gasteiger partial charge in [-0.2, -0.15) is 0 Å². The predicted octanol–water partition coefficient (Wildman–Crippen LogP) is 3.74. The molecule has 0 spiro atoms. The highest BCUT2D eigenvalue weighted by atomic mass is 35.5. The van der Waals surface area contributed by atoms with Gasteiger partial charge < -0.3 is 9.68 Å². The summed E-state index contributed by atoms with van der Waals surface area (Å²) in [5.74, 6) is -0.335. The Kier molecular flexibility index (Phi) is 4.67. The smallest absolute Gasteiger partial charge is 0.348 e. The third-order valence-corrected chi connectivity index (χ3v) is 3.40. The molecule has 0 atom stereocenters. The van der Waals surface area contributed by atoms with Gasteiger partial charge in [0.2, 0.25) is 0 Å². The average molecular weight is 303 g/mol. The van der Waals surface area contributed by atoms with E-state index in [9.17, 15) is 0 Å². The molecule has 1 heterocycles. The second-order valence-electron chi connectivity index (χ2n) is 3.56. The number of nitrogens with zero attached hydrogens (tertiary/aromatic N) is 4. The highest BCUT2D eigenvalue weighted by Gasteiger charge is 2.06. The van der Waals surface area contributed by atoms with Crippen LogP contribution in [0.5, 0.6) is 0 Å². The number of thiazole rings is 1. The number of hydrogen-bond acceptors (Lipinski definition) is 5. The van der Waals surface area contributed by atoms with E-state index in [4.69, 9.17) is 28.3 Å². The summed E-state index contributed by atoms with van der Waals surface area (Å²) in [6, 6.07) is 8.98. The Morgan fingerprint density at radius 1 is 1.50 bits per heavy atom. The molecule has 7 heteroatoms. The molecule has 1 aromatic heterocycles. The second kappa shape index (κ2) is 6.67. The number of amidine groups is 1. The van der Waals surface area contributed by atoms with Crippen LogP contribution in [0.3, 0.4) is 0 Å². The quantitative estimate of drug-likeness (QED) is 0.374. The van der Waals surface area contributed by atoms with Crippen molar-refractivity contribution in [2.75, 3.05) is 0 Å². The first-order valence-corrected chi connectivity index (χ1v) is 6.66. The van der Waals surface area contributed by atoms with Gasteiger partial charge in [0.05, 0.1) is 10.8 Å². The molecule has 0 unspecified atom stereocenters. The normalized spacial score (nSPS) is 10.7. The zero-order valence-corrected chi connectivity index (χ0v) is 11.6. The van der Waals surface area contributed by atoms with Crippen molar-refractivity contribution in [3.8, 4) is 16.6 Å². The lowest BCUT2D eigenvalue weighted by atomic mass is 10.2. The van der Waals surface area contributed by atoms with E-state index in [-0.39, 0.29) is 12.4 Å². The third kappa shape index (κ3) is 3.55. The molecule has 0 aliphatic heterocycles. The van der Waals surface area contributed by atoms with Crippen molar-refractivity contribution in [2.24, 2.45) is 5.16 Å². The molecule has 0 amide bonds. The summed E-state index contributed by atoms with van der Waals surface area (Å²) < 4.78 is 0. The van der Waals surface area contributed by atoms with Crippen LogP contribution in [-0.4, -0.2) is 10.8 Å². The molecular formula is C13H7ClN4OS. The molecule has 1 aromatic carbocycles. The SMILES string of the molecule is [C-]#[N+]/C(C#N)=N\OCc1csc(-c2ccc(Cl)cc2)n1. The molecule has 0 fully saturated rings. The van der Waals surface area contributed by atoms with Gasteiger partial charge in [0.15, 0.2) is 6.61 Å². The molecule has 0 aliphatic rings. The first kappa shape index (κ1) is 14.0. The fraction of sp³-hybridized carbons (Fsp3) is 0.0769. The fourth-order valence-corrected chi connectivity index (χ4v) is 2.26.